The number of benzene rings is 1. The van der Waals surface area contributed by atoms with Gasteiger partial charge in [0.05, 0.1) is 18.0 Å². The predicted molar refractivity (Wildman–Crippen MR) is 128 cm³/mol. The molecule has 0 unspecified atom stereocenters. The van der Waals surface area contributed by atoms with Crippen molar-refractivity contribution in [2.75, 3.05) is 13.4 Å². The second-order valence-corrected chi connectivity index (χ2v) is 9.07. The van der Waals surface area contributed by atoms with E-state index in [1.165, 1.54) is 0 Å². The van der Waals surface area contributed by atoms with Gasteiger partial charge in [-0.3, -0.25) is 14.4 Å². The van der Waals surface area contributed by atoms with Crippen molar-refractivity contribution in [2.45, 2.75) is 45.4 Å². The Labute approximate surface area is 203 Å². The molecule has 4 heterocycles. The molecule has 0 aliphatic carbocycles. The van der Waals surface area contributed by atoms with Crippen molar-refractivity contribution in [1.29, 1.82) is 0 Å². The van der Waals surface area contributed by atoms with Crippen LogP contribution in [0.5, 0.6) is 11.5 Å². The second kappa shape index (κ2) is 9.22. The van der Waals surface area contributed by atoms with E-state index in [2.05, 4.69) is 5.32 Å². The summed E-state index contributed by atoms with van der Waals surface area (Å²) in [5, 5.41) is 13.3. The molecule has 2 N–H and O–H groups in total. The highest BCUT2D eigenvalue weighted by Crippen LogP contribution is 2.48. The number of rotatable bonds is 6. The van der Waals surface area contributed by atoms with Gasteiger partial charge in [-0.05, 0) is 36.8 Å². The van der Waals surface area contributed by atoms with E-state index in [0.29, 0.717) is 22.8 Å². The Morgan fingerprint density at radius 2 is 2.00 bits per heavy atom. The summed E-state index contributed by atoms with van der Waals surface area (Å²) in [5.74, 6) is -0.237. The third-order valence-electron chi connectivity index (χ3n) is 7.22. The smallest absolute Gasteiger partial charge is 0.258 e. The summed E-state index contributed by atoms with van der Waals surface area (Å²) < 4.78 is 12.4. The van der Waals surface area contributed by atoms with Crippen LogP contribution in [0.3, 0.4) is 0 Å². The van der Waals surface area contributed by atoms with E-state index >= 15 is 0 Å². The van der Waals surface area contributed by atoms with Crippen LogP contribution in [0.2, 0.25) is 0 Å². The number of aromatic nitrogens is 1. The monoisotopic (exact) mass is 479 g/mol. The number of carbonyl (C=O) groups excluding carboxylic acids is 2. The van der Waals surface area contributed by atoms with E-state index in [-0.39, 0.29) is 50.3 Å². The summed E-state index contributed by atoms with van der Waals surface area (Å²) >= 11 is 0. The number of fused-ring (bicyclic) bond motifs is 5. The van der Waals surface area contributed by atoms with Gasteiger partial charge in [0.2, 0.25) is 18.6 Å². The van der Waals surface area contributed by atoms with E-state index < -0.39 is 23.9 Å². The normalized spacial score (nSPS) is 24.0. The van der Waals surface area contributed by atoms with Crippen LogP contribution in [-0.4, -0.2) is 45.8 Å². The molecule has 9 heteroatoms. The van der Waals surface area contributed by atoms with E-state index in [0.717, 1.165) is 5.56 Å². The number of aliphatic hydroxyl groups excluding tert-OH is 1. The van der Waals surface area contributed by atoms with Crippen LogP contribution >= 0.6 is 0 Å². The first kappa shape index (κ1) is 23.2. The number of aliphatic hydroxyl groups is 1. The predicted octanol–water partition coefficient (Wildman–Crippen LogP) is 1.83. The minimum atomic E-state index is -0.685. The molecule has 1 saturated heterocycles. The maximum absolute atomic E-state index is 13.6. The van der Waals surface area contributed by atoms with Gasteiger partial charge in [-0.2, -0.15) is 0 Å². The third kappa shape index (κ3) is 3.80. The first-order chi connectivity index (χ1) is 17.0. The molecule has 1 fully saturated rings. The molecule has 3 aliphatic rings. The lowest BCUT2D eigenvalue weighted by molar-refractivity contribution is -0.136. The van der Waals surface area contributed by atoms with E-state index in [1.54, 1.807) is 40.7 Å². The Bertz CT molecular complexity index is 1250. The minimum absolute atomic E-state index is 0.0965. The number of nitrogens with zero attached hydrogens (tertiary/aromatic N) is 2. The number of allylic oxidation sites excluding steroid dienone is 1. The number of carbonyl (C=O) groups is 2. The van der Waals surface area contributed by atoms with Crippen LogP contribution < -0.4 is 20.3 Å². The number of hydrogen-bond acceptors (Lipinski definition) is 6. The van der Waals surface area contributed by atoms with Crippen molar-refractivity contribution in [1.82, 2.24) is 14.8 Å². The van der Waals surface area contributed by atoms with Crippen molar-refractivity contribution >= 4 is 17.9 Å². The first-order valence-electron chi connectivity index (χ1n) is 11.9. The lowest BCUT2D eigenvalue weighted by atomic mass is 9.86. The van der Waals surface area contributed by atoms with Crippen LogP contribution in [0.15, 0.2) is 41.2 Å². The summed E-state index contributed by atoms with van der Waals surface area (Å²) in [4.78, 5) is 41.5. The van der Waals surface area contributed by atoms with Crippen LogP contribution in [0.4, 0.5) is 0 Å². The van der Waals surface area contributed by atoms with Crippen molar-refractivity contribution in [2.24, 2.45) is 11.8 Å². The molecular weight excluding hydrogens is 450 g/mol. The molecule has 4 atom stereocenters. The molecule has 1 aromatic carbocycles. The van der Waals surface area contributed by atoms with Crippen LogP contribution in [-0.2, 0) is 22.7 Å². The van der Waals surface area contributed by atoms with Gasteiger partial charge >= 0.3 is 0 Å². The average molecular weight is 480 g/mol. The van der Waals surface area contributed by atoms with Gasteiger partial charge in [0.1, 0.15) is 0 Å². The number of ether oxygens (including phenoxy) is 2. The SMILES string of the molecule is C/C=C/c1ccc2n(c1=O)C[C@@H]1[C@@H](CO)[C@H](C(=O)NCc3ccc4c(c3)OCO4)[C@H]2N1C(=O)CC. The van der Waals surface area contributed by atoms with Crippen molar-refractivity contribution < 1.29 is 24.2 Å². The van der Waals surface area contributed by atoms with Gasteiger partial charge in [0.25, 0.3) is 5.56 Å². The van der Waals surface area contributed by atoms with Gasteiger partial charge in [0.15, 0.2) is 11.5 Å². The fourth-order valence-electron chi connectivity index (χ4n) is 5.61. The lowest BCUT2D eigenvalue weighted by Gasteiger charge is -2.38. The van der Waals surface area contributed by atoms with Crippen molar-refractivity contribution in [3.05, 3.63) is 63.6 Å². The zero-order valence-corrected chi connectivity index (χ0v) is 19.8. The Morgan fingerprint density at radius 3 is 2.74 bits per heavy atom. The lowest BCUT2D eigenvalue weighted by Crippen LogP contribution is -2.49. The number of amides is 2. The first-order valence-corrected chi connectivity index (χ1v) is 11.9. The van der Waals surface area contributed by atoms with Crippen molar-refractivity contribution in [3.63, 3.8) is 0 Å². The third-order valence-corrected chi connectivity index (χ3v) is 7.22. The van der Waals surface area contributed by atoms with Gasteiger partial charge < -0.3 is 29.4 Å². The van der Waals surface area contributed by atoms with Gasteiger partial charge in [0, 0.05) is 43.3 Å². The molecule has 0 spiro atoms. The molecule has 35 heavy (non-hydrogen) atoms. The summed E-state index contributed by atoms with van der Waals surface area (Å²) in [7, 11) is 0. The molecule has 2 aromatic rings. The molecule has 9 nitrogen and oxygen atoms in total. The molecule has 3 aliphatic heterocycles. The second-order valence-electron chi connectivity index (χ2n) is 9.07. The van der Waals surface area contributed by atoms with E-state index in [9.17, 15) is 19.5 Å². The fourth-order valence-corrected chi connectivity index (χ4v) is 5.61. The summed E-state index contributed by atoms with van der Waals surface area (Å²) in [6.07, 6.45) is 3.83. The Kier molecular flexibility index (Phi) is 6.10. The molecule has 0 radical (unpaired) electrons. The van der Waals surface area contributed by atoms with Crippen LogP contribution in [0.25, 0.3) is 6.08 Å². The van der Waals surface area contributed by atoms with Crippen LogP contribution in [0.1, 0.15) is 43.1 Å². The molecule has 5 rings (SSSR count). The van der Waals surface area contributed by atoms with Crippen molar-refractivity contribution in [3.8, 4) is 11.5 Å². The topological polar surface area (TPSA) is 110 Å². The highest BCUT2D eigenvalue weighted by Gasteiger charge is 2.57. The Balaban J connectivity index is 1.48. The summed E-state index contributed by atoms with van der Waals surface area (Å²) in [6.45, 7) is 4.04. The Hall–Kier alpha value is -3.59. The Morgan fingerprint density at radius 1 is 1.20 bits per heavy atom. The van der Waals surface area contributed by atoms with E-state index in [4.69, 9.17) is 9.47 Å². The van der Waals surface area contributed by atoms with Crippen LogP contribution in [0, 0.1) is 11.8 Å². The fraction of sp³-hybridized carbons (Fsp3) is 0.423. The zero-order valence-electron chi connectivity index (χ0n) is 19.8. The molecule has 1 aromatic heterocycles. The standard InChI is InChI=1S/C26H29N3O6/c1-3-5-16-7-8-18-24-23(25(32)27-11-15-6-9-20-21(10-15)35-14-34-20)17(13-30)19(12-28(18)26(16)33)29(24)22(31)4-2/h3,5-10,17,19,23-24,30H,4,11-14H2,1-2H3,(H,27,32)/b5-3+/t17-,19-,23+,24+/m1/s1. The quantitative estimate of drug-likeness (QED) is 0.654. The maximum atomic E-state index is 13.6. The summed E-state index contributed by atoms with van der Waals surface area (Å²) in [5.41, 5.74) is 1.87. The molecule has 0 saturated carbocycles. The molecule has 184 valence electrons. The maximum Gasteiger partial charge on any atom is 0.258 e. The highest BCUT2D eigenvalue weighted by atomic mass is 16.7. The number of nitrogens with one attached hydrogen (secondary N) is 1. The highest BCUT2D eigenvalue weighted by molar-refractivity contribution is 5.84. The minimum Gasteiger partial charge on any atom is -0.454 e. The molecule has 2 amide bonds. The van der Waals surface area contributed by atoms with Gasteiger partial charge in [-0.15, -0.1) is 0 Å². The molecule has 2 bridgehead atoms. The average Bonchev–Trinajstić information content (AvgIpc) is 3.43. The number of hydrogen-bond donors (Lipinski definition) is 2. The zero-order chi connectivity index (χ0) is 24.7. The van der Waals surface area contributed by atoms with Gasteiger partial charge in [-0.25, -0.2) is 0 Å². The molecular formula is C26H29N3O6. The largest absolute Gasteiger partial charge is 0.454 e. The van der Waals surface area contributed by atoms with E-state index in [1.807, 2.05) is 25.1 Å². The van der Waals surface area contributed by atoms with Gasteiger partial charge in [-0.1, -0.05) is 25.1 Å². The summed E-state index contributed by atoms with van der Waals surface area (Å²) in [6, 6.07) is 7.98. The number of pyridine rings is 1.